The third kappa shape index (κ3) is 9.44. The Morgan fingerprint density at radius 2 is 1.64 bits per heavy atom. The maximum atomic E-state index is 12.3. The number of hydrogen-bond acceptors (Lipinski definition) is 6. The maximum absolute atomic E-state index is 12.3. The second-order valence-corrected chi connectivity index (χ2v) is 8.79. The Morgan fingerprint density at radius 1 is 0.939 bits per heavy atom. The smallest absolute Gasteiger partial charge is 0.269 e. The van der Waals surface area contributed by atoms with Crippen molar-refractivity contribution in [1.29, 1.82) is 0 Å². The van der Waals surface area contributed by atoms with Crippen LogP contribution in [0.25, 0.3) is 0 Å². The van der Waals surface area contributed by atoms with Crippen molar-refractivity contribution in [2.24, 2.45) is 5.92 Å². The molecule has 9 heteroatoms. The van der Waals surface area contributed by atoms with Crippen LogP contribution in [0, 0.1) is 12.8 Å². The summed E-state index contributed by atoms with van der Waals surface area (Å²) in [5, 5.41) is 2.76. The molecule has 0 aliphatic carbocycles. The first-order chi connectivity index (χ1) is 15.8. The van der Waals surface area contributed by atoms with E-state index in [1.807, 2.05) is 31.2 Å². The van der Waals surface area contributed by atoms with Crippen LogP contribution in [0.5, 0.6) is 11.5 Å². The number of carbonyl (C=O) groups is 3. The van der Waals surface area contributed by atoms with Crippen LogP contribution in [0.3, 0.4) is 0 Å². The van der Waals surface area contributed by atoms with Crippen LogP contribution in [0.2, 0.25) is 0 Å². The van der Waals surface area contributed by atoms with Gasteiger partial charge in [0, 0.05) is 11.3 Å². The van der Waals surface area contributed by atoms with E-state index >= 15 is 0 Å². The van der Waals surface area contributed by atoms with E-state index < -0.39 is 11.8 Å². The average molecular weight is 474 g/mol. The van der Waals surface area contributed by atoms with Gasteiger partial charge >= 0.3 is 0 Å². The zero-order valence-corrected chi connectivity index (χ0v) is 20.2. The monoisotopic (exact) mass is 473 g/mol. The zero-order chi connectivity index (χ0) is 24.2. The van der Waals surface area contributed by atoms with E-state index in [-0.39, 0.29) is 17.4 Å². The highest BCUT2D eigenvalue weighted by molar-refractivity contribution is 8.00. The van der Waals surface area contributed by atoms with Gasteiger partial charge in [-0.05, 0) is 49.6 Å². The van der Waals surface area contributed by atoms with Crippen molar-refractivity contribution in [2.75, 3.05) is 30.5 Å². The van der Waals surface area contributed by atoms with E-state index in [0.717, 1.165) is 23.7 Å². The fourth-order valence-corrected chi connectivity index (χ4v) is 3.25. The van der Waals surface area contributed by atoms with Crippen LogP contribution in [0.15, 0.2) is 42.5 Å². The second-order valence-electron chi connectivity index (χ2n) is 7.81. The number of nitrogens with one attached hydrogen (secondary N) is 3. The predicted molar refractivity (Wildman–Crippen MR) is 131 cm³/mol. The largest absolute Gasteiger partial charge is 0.493 e. The minimum absolute atomic E-state index is 0.0214. The number of thioether (sulfide) groups is 1. The minimum atomic E-state index is -0.488. The Balaban J connectivity index is 1.73. The Morgan fingerprint density at radius 3 is 2.30 bits per heavy atom. The van der Waals surface area contributed by atoms with Crippen molar-refractivity contribution >= 4 is 35.2 Å². The van der Waals surface area contributed by atoms with E-state index in [2.05, 4.69) is 30.0 Å². The molecule has 2 aromatic rings. The molecule has 0 spiro atoms. The SMILES string of the molecule is COc1cc(C(=O)NNC(=O)CSCC(=O)Nc2ccc(C)cc2)ccc1OCCC(C)C. The average Bonchev–Trinajstić information content (AvgIpc) is 2.79. The van der Waals surface area contributed by atoms with Gasteiger partial charge in [-0.1, -0.05) is 31.5 Å². The summed E-state index contributed by atoms with van der Waals surface area (Å²) in [6.45, 7) is 6.74. The highest BCUT2D eigenvalue weighted by Crippen LogP contribution is 2.28. The standard InChI is InChI=1S/C24H31N3O5S/c1-16(2)11-12-32-20-10-7-18(13-21(20)31-4)24(30)27-26-23(29)15-33-14-22(28)25-19-8-5-17(3)6-9-19/h5-10,13,16H,11-12,14-15H2,1-4H3,(H,25,28)(H,26,29)(H,27,30). The third-order valence-electron chi connectivity index (χ3n) is 4.50. The van der Waals surface area contributed by atoms with Crippen molar-refractivity contribution in [3.8, 4) is 11.5 Å². The number of carbonyl (C=O) groups excluding carboxylic acids is 3. The Kier molecular flexibility index (Phi) is 10.6. The van der Waals surface area contributed by atoms with Gasteiger partial charge in [0.25, 0.3) is 5.91 Å². The predicted octanol–water partition coefficient (Wildman–Crippen LogP) is 3.56. The molecule has 0 radical (unpaired) electrons. The van der Waals surface area contributed by atoms with Gasteiger partial charge in [0.2, 0.25) is 11.8 Å². The van der Waals surface area contributed by atoms with Crippen LogP contribution >= 0.6 is 11.8 Å². The van der Waals surface area contributed by atoms with Gasteiger partial charge in [-0.25, -0.2) is 0 Å². The van der Waals surface area contributed by atoms with E-state index in [4.69, 9.17) is 9.47 Å². The highest BCUT2D eigenvalue weighted by Gasteiger charge is 2.13. The van der Waals surface area contributed by atoms with Crippen molar-refractivity contribution in [3.05, 3.63) is 53.6 Å². The molecule has 0 bridgehead atoms. The van der Waals surface area contributed by atoms with Crippen molar-refractivity contribution in [3.63, 3.8) is 0 Å². The van der Waals surface area contributed by atoms with E-state index in [9.17, 15) is 14.4 Å². The molecule has 0 aliphatic rings. The highest BCUT2D eigenvalue weighted by atomic mass is 32.2. The molecule has 0 saturated heterocycles. The quantitative estimate of drug-likeness (QED) is 0.431. The van der Waals surface area contributed by atoms with Crippen LogP contribution in [-0.4, -0.2) is 42.9 Å². The van der Waals surface area contributed by atoms with Crippen LogP contribution < -0.4 is 25.6 Å². The number of amides is 3. The number of methoxy groups -OCH3 is 1. The summed E-state index contributed by atoms with van der Waals surface area (Å²) < 4.78 is 11.0. The molecular weight excluding hydrogens is 442 g/mol. The number of rotatable bonds is 11. The first-order valence-electron chi connectivity index (χ1n) is 10.6. The number of anilines is 1. The molecular formula is C24H31N3O5S. The van der Waals surface area contributed by atoms with Crippen molar-refractivity contribution < 1.29 is 23.9 Å². The molecule has 0 unspecified atom stereocenters. The molecule has 0 saturated carbocycles. The fourth-order valence-electron chi connectivity index (χ4n) is 2.64. The lowest BCUT2D eigenvalue weighted by Gasteiger charge is -2.13. The lowest BCUT2D eigenvalue weighted by atomic mass is 10.1. The van der Waals surface area contributed by atoms with E-state index in [1.54, 1.807) is 18.2 Å². The van der Waals surface area contributed by atoms with Crippen molar-refractivity contribution in [2.45, 2.75) is 27.2 Å². The van der Waals surface area contributed by atoms with Gasteiger partial charge in [-0.3, -0.25) is 25.2 Å². The van der Waals surface area contributed by atoms with Gasteiger partial charge in [-0.15, -0.1) is 11.8 Å². The molecule has 2 aromatic carbocycles. The molecule has 0 atom stereocenters. The number of ether oxygens (including phenoxy) is 2. The maximum Gasteiger partial charge on any atom is 0.269 e. The summed E-state index contributed by atoms with van der Waals surface area (Å²) in [7, 11) is 1.50. The van der Waals surface area contributed by atoms with Gasteiger partial charge in [0.1, 0.15) is 0 Å². The molecule has 3 N–H and O–H groups in total. The van der Waals surface area contributed by atoms with Crippen LogP contribution in [-0.2, 0) is 9.59 Å². The first kappa shape index (κ1) is 26.1. The first-order valence-corrected chi connectivity index (χ1v) is 11.8. The lowest BCUT2D eigenvalue weighted by Crippen LogP contribution is -2.42. The molecule has 33 heavy (non-hydrogen) atoms. The normalized spacial score (nSPS) is 10.5. The molecule has 178 valence electrons. The number of benzene rings is 2. The summed E-state index contributed by atoms with van der Waals surface area (Å²) in [6, 6.07) is 12.3. The summed E-state index contributed by atoms with van der Waals surface area (Å²) in [4.78, 5) is 36.3. The molecule has 0 heterocycles. The summed E-state index contributed by atoms with van der Waals surface area (Å²) >= 11 is 1.14. The molecule has 0 aliphatic heterocycles. The summed E-state index contributed by atoms with van der Waals surface area (Å²) in [6.07, 6.45) is 0.906. The molecule has 3 amide bonds. The molecule has 8 nitrogen and oxygen atoms in total. The van der Waals surface area contributed by atoms with Gasteiger partial charge in [0.15, 0.2) is 11.5 Å². The minimum Gasteiger partial charge on any atom is -0.493 e. The molecule has 2 rings (SSSR count). The van der Waals surface area contributed by atoms with Crippen LogP contribution in [0.1, 0.15) is 36.2 Å². The van der Waals surface area contributed by atoms with Gasteiger partial charge in [-0.2, -0.15) is 0 Å². The molecule has 0 aromatic heterocycles. The van der Waals surface area contributed by atoms with E-state index in [1.165, 1.54) is 7.11 Å². The topological polar surface area (TPSA) is 106 Å². The fraction of sp³-hybridized carbons (Fsp3) is 0.375. The lowest BCUT2D eigenvalue weighted by molar-refractivity contribution is -0.119. The summed E-state index contributed by atoms with van der Waals surface area (Å²) in [5.41, 5.74) is 6.83. The van der Waals surface area contributed by atoms with Crippen molar-refractivity contribution in [1.82, 2.24) is 10.9 Å². The number of hydrogen-bond donors (Lipinski definition) is 3. The van der Waals surface area contributed by atoms with E-state index in [0.29, 0.717) is 35.3 Å². The van der Waals surface area contributed by atoms with Crippen LogP contribution in [0.4, 0.5) is 5.69 Å². The Hall–Kier alpha value is -3.20. The Labute approximate surface area is 198 Å². The van der Waals surface area contributed by atoms with Gasteiger partial charge < -0.3 is 14.8 Å². The zero-order valence-electron chi connectivity index (χ0n) is 19.4. The third-order valence-corrected chi connectivity index (χ3v) is 5.43. The van der Waals surface area contributed by atoms with Gasteiger partial charge in [0.05, 0.1) is 25.2 Å². The number of aryl methyl sites for hydroxylation is 1. The summed E-state index contributed by atoms with van der Waals surface area (Å²) in [5.74, 6) is 0.536. The second kappa shape index (κ2) is 13.4. The number of hydrazine groups is 1. The molecule has 0 fully saturated rings. The Bertz CT molecular complexity index is 948.